The molecule has 31 heavy (non-hydrogen) atoms. The summed E-state index contributed by atoms with van der Waals surface area (Å²) in [6.45, 7) is 2.51. The van der Waals surface area contributed by atoms with Crippen LogP contribution in [0.1, 0.15) is 10.5 Å². The van der Waals surface area contributed by atoms with Crippen LogP contribution in [0.3, 0.4) is 0 Å². The van der Waals surface area contributed by atoms with Crippen molar-refractivity contribution in [2.75, 3.05) is 44.3 Å². The fourth-order valence-corrected chi connectivity index (χ4v) is 4.29. The van der Waals surface area contributed by atoms with E-state index in [9.17, 15) is 18.0 Å². The number of amides is 2. The highest BCUT2D eigenvalue weighted by Gasteiger charge is 2.24. The van der Waals surface area contributed by atoms with Gasteiger partial charge >= 0.3 is 0 Å². The maximum Gasteiger partial charge on any atom is 0.270 e. The quantitative estimate of drug-likeness (QED) is 0.632. The van der Waals surface area contributed by atoms with E-state index >= 15 is 0 Å². The number of hydrogen-bond acceptors (Lipinski definition) is 5. The molecular weight excluding hydrogens is 416 g/mol. The van der Waals surface area contributed by atoms with Crippen LogP contribution in [0.4, 0.5) is 5.69 Å². The zero-order chi connectivity index (χ0) is 22.0. The number of aromatic amines is 1. The monoisotopic (exact) mass is 440 g/mol. The Balaban J connectivity index is 1.28. The van der Waals surface area contributed by atoms with Crippen molar-refractivity contribution in [1.29, 1.82) is 0 Å². The summed E-state index contributed by atoms with van der Waals surface area (Å²) in [5.41, 5.74) is 2.06. The molecule has 2 heterocycles. The van der Waals surface area contributed by atoms with Gasteiger partial charge in [-0.15, -0.1) is 0 Å². The molecule has 2 N–H and O–H groups in total. The number of nitrogens with zero attached hydrogens (tertiary/aromatic N) is 2. The van der Waals surface area contributed by atoms with Gasteiger partial charge in [-0.05, 0) is 36.4 Å². The second kappa shape index (κ2) is 8.52. The molecule has 1 aliphatic heterocycles. The summed E-state index contributed by atoms with van der Waals surface area (Å²) in [6.07, 6.45) is 1.14. The minimum absolute atomic E-state index is 0.0359. The van der Waals surface area contributed by atoms with Crippen molar-refractivity contribution in [1.82, 2.24) is 14.8 Å². The van der Waals surface area contributed by atoms with E-state index in [1.165, 1.54) is 12.1 Å². The third-order valence-electron chi connectivity index (χ3n) is 5.35. The molecule has 0 atom stereocenters. The first-order valence-electron chi connectivity index (χ1n) is 9.99. The standard InChI is InChI=1S/C22H24N4O4S/c1-31(29,30)18-8-6-17(7-9-18)23-21(27)15-25-10-12-26(13-11-25)22(28)20-14-16-4-2-3-5-19(16)24-20/h2-9,14,24H,10-13,15H2,1H3,(H,23,27). The number of hydrogen-bond donors (Lipinski definition) is 2. The predicted molar refractivity (Wildman–Crippen MR) is 119 cm³/mol. The first-order valence-corrected chi connectivity index (χ1v) is 11.9. The summed E-state index contributed by atoms with van der Waals surface area (Å²) < 4.78 is 23.0. The van der Waals surface area contributed by atoms with Gasteiger partial charge in [-0.2, -0.15) is 0 Å². The van der Waals surface area contributed by atoms with Crippen molar-refractivity contribution in [2.24, 2.45) is 0 Å². The number of benzene rings is 2. The van der Waals surface area contributed by atoms with E-state index < -0.39 is 9.84 Å². The summed E-state index contributed by atoms with van der Waals surface area (Å²) in [6, 6.07) is 15.7. The Kier molecular flexibility index (Phi) is 5.79. The van der Waals surface area contributed by atoms with Crippen LogP contribution in [-0.2, 0) is 14.6 Å². The fraction of sp³-hybridized carbons (Fsp3) is 0.273. The van der Waals surface area contributed by atoms with Crippen molar-refractivity contribution in [2.45, 2.75) is 4.90 Å². The van der Waals surface area contributed by atoms with E-state index in [0.717, 1.165) is 17.2 Å². The van der Waals surface area contributed by atoms with Gasteiger partial charge in [-0.3, -0.25) is 14.5 Å². The number of para-hydroxylation sites is 1. The molecule has 0 saturated carbocycles. The number of nitrogens with one attached hydrogen (secondary N) is 2. The van der Waals surface area contributed by atoms with Crippen molar-refractivity contribution in [3.8, 4) is 0 Å². The van der Waals surface area contributed by atoms with Gasteiger partial charge in [0, 0.05) is 49.0 Å². The van der Waals surface area contributed by atoms with Crippen LogP contribution in [0.15, 0.2) is 59.5 Å². The Morgan fingerprint density at radius 2 is 1.68 bits per heavy atom. The van der Waals surface area contributed by atoms with Gasteiger partial charge in [-0.1, -0.05) is 18.2 Å². The maximum atomic E-state index is 12.8. The van der Waals surface area contributed by atoms with Gasteiger partial charge in [-0.25, -0.2) is 8.42 Å². The smallest absolute Gasteiger partial charge is 0.270 e. The molecule has 1 aliphatic rings. The van der Waals surface area contributed by atoms with Gasteiger partial charge in [0.2, 0.25) is 5.91 Å². The van der Waals surface area contributed by atoms with E-state index in [1.807, 2.05) is 35.2 Å². The summed E-state index contributed by atoms with van der Waals surface area (Å²) in [5.74, 6) is -0.214. The van der Waals surface area contributed by atoms with Crippen molar-refractivity contribution in [3.05, 3.63) is 60.3 Å². The number of fused-ring (bicyclic) bond motifs is 1. The number of carbonyl (C=O) groups excluding carboxylic acids is 2. The van der Waals surface area contributed by atoms with E-state index in [-0.39, 0.29) is 23.3 Å². The Bertz CT molecular complexity index is 1180. The van der Waals surface area contributed by atoms with E-state index in [4.69, 9.17) is 0 Å². The SMILES string of the molecule is CS(=O)(=O)c1ccc(NC(=O)CN2CCN(C(=O)c3cc4ccccc4[nH]3)CC2)cc1. The van der Waals surface area contributed by atoms with Crippen LogP contribution in [-0.4, -0.2) is 74.0 Å². The lowest BCUT2D eigenvalue weighted by Crippen LogP contribution is -2.50. The molecule has 1 fully saturated rings. The Morgan fingerprint density at radius 3 is 2.32 bits per heavy atom. The Hall–Kier alpha value is -3.17. The fourth-order valence-electron chi connectivity index (χ4n) is 3.66. The molecule has 2 amide bonds. The van der Waals surface area contributed by atoms with Crippen LogP contribution in [0.2, 0.25) is 0 Å². The zero-order valence-corrected chi connectivity index (χ0v) is 18.0. The molecule has 8 nitrogen and oxygen atoms in total. The summed E-state index contributed by atoms with van der Waals surface area (Å²) in [5, 5.41) is 3.79. The summed E-state index contributed by atoms with van der Waals surface area (Å²) >= 11 is 0. The second-order valence-corrected chi connectivity index (χ2v) is 9.70. The van der Waals surface area contributed by atoms with Gasteiger partial charge in [0.15, 0.2) is 9.84 Å². The number of aromatic nitrogens is 1. The third kappa shape index (κ3) is 4.95. The molecule has 0 bridgehead atoms. The molecular formula is C22H24N4O4S. The van der Waals surface area contributed by atoms with Crippen LogP contribution < -0.4 is 5.32 Å². The average molecular weight is 441 g/mol. The Morgan fingerprint density at radius 1 is 1.00 bits per heavy atom. The lowest BCUT2D eigenvalue weighted by Gasteiger charge is -2.34. The minimum atomic E-state index is -3.27. The number of sulfone groups is 1. The van der Waals surface area contributed by atoms with Crippen LogP contribution in [0, 0.1) is 0 Å². The normalized spacial score (nSPS) is 15.2. The lowest BCUT2D eigenvalue weighted by molar-refractivity contribution is -0.117. The molecule has 0 spiro atoms. The molecule has 1 aromatic heterocycles. The highest BCUT2D eigenvalue weighted by molar-refractivity contribution is 7.90. The number of H-pyrrole nitrogens is 1. The van der Waals surface area contributed by atoms with Gasteiger partial charge in [0.05, 0.1) is 11.4 Å². The highest BCUT2D eigenvalue weighted by Crippen LogP contribution is 2.17. The zero-order valence-electron chi connectivity index (χ0n) is 17.2. The van der Waals surface area contributed by atoms with E-state index in [1.54, 1.807) is 17.0 Å². The molecule has 3 aromatic rings. The molecule has 1 saturated heterocycles. The number of anilines is 1. The molecule has 0 aliphatic carbocycles. The predicted octanol–water partition coefficient (Wildman–Crippen LogP) is 1.97. The van der Waals surface area contributed by atoms with Crippen molar-refractivity contribution < 1.29 is 18.0 Å². The molecule has 4 rings (SSSR count). The lowest BCUT2D eigenvalue weighted by atomic mass is 10.2. The van der Waals surface area contributed by atoms with Crippen molar-refractivity contribution in [3.63, 3.8) is 0 Å². The van der Waals surface area contributed by atoms with Crippen molar-refractivity contribution >= 4 is 38.2 Å². The van der Waals surface area contributed by atoms with Crippen LogP contribution in [0.25, 0.3) is 10.9 Å². The molecule has 9 heteroatoms. The maximum absolute atomic E-state index is 12.8. The topological polar surface area (TPSA) is 103 Å². The highest BCUT2D eigenvalue weighted by atomic mass is 32.2. The van der Waals surface area contributed by atoms with Gasteiger partial charge < -0.3 is 15.2 Å². The first-order chi connectivity index (χ1) is 14.8. The van der Waals surface area contributed by atoms with E-state index in [0.29, 0.717) is 37.6 Å². The largest absolute Gasteiger partial charge is 0.351 e. The van der Waals surface area contributed by atoms with Crippen LogP contribution >= 0.6 is 0 Å². The van der Waals surface area contributed by atoms with Gasteiger partial charge in [0.25, 0.3) is 5.91 Å². The molecule has 0 unspecified atom stereocenters. The van der Waals surface area contributed by atoms with Crippen LogP contribution in [0.5, 0.6) is 0 Å². The third-order valence-corrected chi connectivity index (χ3v) is 6.48. The number of rotatable bonds is 5. The number of piperazine rings is 1. The van der Waals surface area contributed by atoms with Gasteiger partial charge in [0.1, 0.15) is 5.69 Å². The first kappa shape index (κ1) is 21.1. The Labute approximate surface area is 180 Å². The molecule has 2 aromatic carbocycles. The molecule has 162 valence electrons. The van der Waals surface area contributed by atoms with E-state index in [2.05, 4.69) is 10.3 Å². The average Bonchev–Trinajstić information content (AvgIpc) is 3.18. The molecule has 0 radical (unpaired) electrons. The summed E-state index contributed by atoms with van der Waals surface area (Å²) in [7, 11) is -3.27. The summed E-state index contributed by atoms with van der Waals surface area (Å²) in [4.78, 5) is 32.3. The minimum Gasteiger partial charge on any atom is -0.351 e. The second-order valence-electron chi connectivity index (χ2n) is 7.68. The number of carbonyl (C=O) groups is 2.